The molecule has 0 aromatic rings. The predicted molar refractivity (Wildman–Crippen MR) is 57.5 cm³/mol. The number of primary sulfonamides is 1. The van der Waals surface area contributed by atoms with Crippen LogP contribution in [-0.4, -0.2) is 25.6 Å². The molecule has 0 saturated heterocycles. The van der Waals surface area contributed by atoms with E-state index in [-0.39, 0.29) is 11.9 Å². The van der Waals surface area contributed by atoms with Crippen LogP contribution in [0.25, 0.3) is 0 Å². The highest BCUT2D eigenvalue weighted by atomic mass is 32.2. The van der Waals surface area contributed by atoms with E-state index >= 15 is 0 Å². The summed E-state index contributed by atoms with van der Waals surface area (Å²) >= 11 is 0. The summed E-state index contributed by atoms with van der Waals surface area (Å²) in [7, 11) is -3.58. The van der Waals surface area contributed by atoms with Gasteiger partial charge in [-0.25, -0.2) is 13.6 Å². The minimum Gasteiger partial charge on any atom is -0.348 e. The van der Waals surface area contributed by atoms with Crippen LogP contribution in [-0.2, 0) is 14.8 Å². The number of sulfonamides is 1. The van der Waals surface area contributed by atoms with Crippen molar-refractivity contribution in [1.82, 2.24) is 5.32 Å². The highest BCUT2D eigenvalue weighted by molar-refractivity contribution is 7.89. The quantitative estimate of drug-likeness (QED) is 0.665. The maximum atomic E-state index is 11.3. The van der Waals surface area contributed by atoms with Crippen molar-refractivity contribution in [3.8, 4) is 0 Å². The molecule has 2 atom stereocenters. The standard InChI is InChI=1S/C9H16N2O3S/c1-2-9(12)11-7-5-3-4-6-8(7)15(10,13)14/h2,7-8H,1,3-6H2,(H,11,12)(H2,10,13,14)/t7-,8+/m0/s1. The van der Waals surface area contributed by atoms with Gasteiger partial charge in [0.05, 0.1) is 5.25 Å². The third-order valence-electron chi connectivity index (χ3n) is 2.64. The van der Waals surface area contributed by atoms with Gasteiger partial charge in [0.1, 0.15) is 0 Å². The van der Waals surface area contributed by atoms with E-state index in [2.05, 4.69) is 11.9 Å². The van der Waals surface area contributed by atoms with Crippen molar-refractivity contribution in [2.24, 2.45) is 5.14 Å². The average Bonchev–Trinajstić information content (AvgIpc) is 2.17. The minimum absolute atomic E-state index is 0.351. The first-order chi connectivity index (χ1) is 6.95. The molecule has 0 unspecified atom stereocenters. The summed E-state index contributed by atoms with van der Waals surface area (Å²) in [4.78, 5) is 11.1. The van der Waals surface area contributed by atoms with Crippen molar-refractivity contribution in [2.75, 3.05) is 0 Å². The van der Waals surface area contributed by atoms with Crippen LogP contribution in [0.2, 0.25) is 0 Å². The molecule has 5 nitrogen and oxygen atoms in total. The average molecular weight is 232 g/mol. The van der Waals surface area contributed by atoms with E-state index in [0.717, 1.165) is 18.9 Å². The van der Waals surface area contributed by atoms with Crippen LogP contribution in [0.5, 0.6) is 0 Å². The second kappa shape index (κ2) is 4.76. The Morgan fingerprint density at radius 2 is 2.00 bits per heavy atom. The van der Waals surface area contributed by atoms with Gasteiger partial charge in [-0.15, -0.1) is 0 Å². The molecule has 3 N–H and O–H groups in total. The topological polar surface area (TPSA) is 89.3 Å². The lowest BCUT2D eigenvalue weighted by molar-refractivity contribution is -0.117. The van der Waals surface area contributed by atoms with Crippen LogP contribution in [0, 0.1) is 0 Å². The summed E-state index contributed by atoms with van der Waals surface area (Å²) in [6, 6.07) is -0.376. The van der Waals surface area contributed by atoms with Gasteiger partial charge in [0.25, 0.3) is 0 Å². The van der Waals surface area contributed by atoms with Gasteiger partial charge in [-0.2, -0.15) is 0 Å². The van der Waals surface area contributed by atoms with E-state index in [1.54, 1.807) is 0 Å². The molecule has 1 aliphatic carbocycles. The molecule has 86 valence electrons. The molecule has 0 spiro atoms. The fraction of sp³-hybridized carbons (Fsp3) is 0.667. The molecule has 6 heteroatoms. The van der Waals surface area contributed by atoms with E-state index in [4.69, 9.17) is 5.14 Å². The van der Waals surface area contributed by atoms with Gasteiger partial charge >= 0.3 is 0 Å². The first-order valence-corrected chi connectivity index (χ1v) is 6.50. The SMILES string of the molecule is C=CC(=O)N[C@H]1CCCC[C@H]1S(N)(=O)=O. The van der Waals surface area contributed by atoms with Crippen molar-refractivity contribution in [1.29, 1.82) is 0 Å². The Morgan fingerprint density at radius 1 is 1.40 bits per heavy atom. The van der Waals surface area contributed by atoms with E-state index in [9.17, 15) is 13.2 Å². The maximum absolute atomic E-state index is 11.3. The fourth-order valence-corrected chi connectivity index (χ4v) is 3.05. The molecule has 1 saturated carbocycles. The number of hydrogen-bond donors (Lipinski definition) is 2. The Labute approximate surface area is 89.8 Å². The van der Waals surface area contributed by atoms with Crippen molar-refractivity contribution >= 4 is 15.9 Å². The largest absolute Gasteiger partial charge is 0.348 e. The van der Waals surface area contributed by atoms with Crippen LogP contribution in [0.4, 0.5) is 0 Å². The molecule has 0 aromatic heterocycles. The number of amides is 1. The molecule has 0 radical (unpaired) electrons. The molecule has 1 rings (SSSR count). The van der Waals surface area contributed by atoms with E-state index in [1.165, 1.54) is 0 Å². The zero-order chi connectivity index (χ0) is 11.5. The Hall–Kier alpha value is -0.880. The second-order valence-electron chi connectivity index (χ2n) is 3.73. The Bertz CT molecular complexity index is 350. The summed E-state index contributed by atoms with van der Waals surface area (Å²) in [5, 5.41) is 7.06. The molecule has 0 aromatic carbocycles. The second-order valence-corrected chi connectivity index (χ2v) is 5.51. The predicted octanol–water partition coefficient (Wildman–Crippen LogP) is -0.112. The van der Waals surface area contributed by atoms with Gasteiger partial charge in [0, 0.05) is 6.04 Å². The van der Waals surface area contributed by atoms with Crippen LogP contribution >= 0.6 is 0 Å². The van der Waals surface area contributed by atoms with Crippen LogP contribution in [0.3, 0.4) is 0 Å². The van der Waals surface area contributed by atoms with Crippen molar-refractivity contribution in [3.63, 3.8) is 0 Å². The highest BCUT2D eigenvalue weighted by Crippen LogP contribution is 2.22. The number of nitrogens with one attached hydrogen (secondary N) is 1. The Morgan fingerprint density at radius 3 is 2.53 bits per heavy atom. The number of carbonyl (C=O) groups is 1. The molecule has 15 heavy (non-hydrogen) atoms. The number of nitrogens with two attached hydrogens (primary N) is 1. The lowest BCUT2D eigenvalue weighted by atomic mass is 9.95. The van der Waals surface area contributed by atoms with Crippen molar-refractivity contribution in [2.45, 2.75) is 37.0 Å². The molecule has 1 aliphatic rings. The zero-order valence-electron chi connectivity index (χ0n) is 8.48. The third-order valence-corrected chi connectivity index (χ3v) is 4.05. The third kappa shape index (κ3) is 3.32. The number of carbonyl (C=O) groups excluding carboxylic acids is 1. The normalized spacial score (nSPS) is 27.0. The van der Waals surface area contributed by atoms with Gasteiger partial charge in [-0.1, -0.05) is 19.4 Å². The molecule has 0 heterocycles. The van der Waals surface area contributed by atoms with Crippen LogP contribution in [0.15, 0.2) is 12.7 Å². The summed E-state index contributed by atoms with van der Waals surface area (Å²) in [6.07, 6.45) is 4.05. The minimum atomic E-state index is -3.58. The van der Waals surface area contributed by atoms with E-state index in [1.807, 2.05) is 0 Å². The van der Waals surface area contributed by atoms with Crippen LogP contribution < -0.4 is 10.5 Å². The number of hydrogen-bond acceptors (Lipinski definition) is 3. The summed E-state index contributed by atoms with van der Waals surface area (Å²) in [5.74, 6) is -0.351. The van der Waals surface area contributed by atoms with E-state index in [0.29, 0.717) is 12.8 Å². The molecular formula is C9H16N2O3S. The summed E-state index contributed by atoms with van der Waals surface area (Å²) < 4.78 is 22.5. The summed E-state index contributed by atoms with van der Waals surface area (Å²) in [5.41, 5.74) is 0. The molecule has 1 amide bonds. The van der Waals surface area contributed by atoms with Gasteiger partial charge < -0.3 is 5.32 Å². The van der Waals surface area contributed by atoms with Crippen LogP contribution in [0.1, 0.15) is 25.7 Å². The maximum Gasteiger partial charge on any atom is 0.243 e. The Kier molecular flexibility index (Phi) is 3.87. The first kappa shape index (κ1) is 12.2. The molecule has 0 aliphatic heterocycles. The lowest BCUT2D eigenvalue weighted by Gasteiger charge is -2.30. The number of rotatable bonds is 3. The van der Waals surface area contributed by atoms with Gasteiger partial charge in [-0.05, 0) is 18.9 Å². The van der Waals surface area contributed by atoms with E-state index < -0.39 is 15.3 Å². The van der Waals surface area contributed by atoms with Crippen molar-refractivity contribution < 1.29 is 13.2 Å². The molecule has 1 fully saturated rings. The first-order valence-electron chi connectivity index (χ1n) is 4.89. The van der Waals surface area contributed by atoms with Crippen molar-refractivity contribution in [3.05, 3.63) is 12.7 Å². The van der Waals surface area contributed by atoms with Gasteiger partial charge in [0.15, 0.2) is 0 Å². The lowest BCUT2D eigenvalue weighted by Crippen LogP contribution is -2.50. The molecular weight excluding hydrogens is 216 g/mol. The fourth-order valence-electron chi connectivity index (χ4n) is 1.90. The van der Waals surface area contributed by atoms with Gasteiger partial charge in [0.2, 0.25) is 15.9 Å². The molecule has 0 bridgehead atoms. The zero-order valence-corrected chi connectivity index (χ0v) is 9.29. The summed E-state index contributed by atoms with van der Waals surface area (Å²) in [6.45, 7) is 3.32. The monoisotopic (exact) mass is 232 g/mol. The smallest absolute Gasteiger partial charge is 0.243 e. The van der Waals surface area contributed by atoms with Gasteiger partial charge in [-0.3, -0.25) is 4.79 Å². The Balaban J connectivity index is 2.74. The highest BCUT2D eigenvalue weighted by Gasteiger charge is 2.33.